The smallest absolute Gasteiger partial charge is 0.317 e. The third-order valence-electron chi connectivity index (χ3n) is 4.00. The van der Waals surface area contributed by atoms with Crippen molar-refractivity contribution in [3.05, 3.63) is 33.8 Å². The first-order valence-electron chi connectivity index (χ1n) is 7.59. The summed E-state index contributed by atoms with van der Waals surface area (Å²) in [6.45, 7) is 2.49. The van der Waals surface area contributed by atoms with E-state index in [-0.39, 0.29) is 24.4 Å². The van der Waals surface area contributed by atoms with Gasteiger partial charge in [0.2, 0.25) is 10.0 Å². The molecule has 0 unspecified atom stereocenters. The van der Waals surface area contributed by atoms with Crippen LogP contribution < -0.4 is 4.72 Å². The normalized spacial score (nSPS) is 20.8. The molecule has 0 amide bonds. The molecule has 9 heteroatoms. The van der Waals surface area contributed by atoms with Crippen molar-refractivity contribution in [2.24, 2.45) is 0 Å². The van der Waals surface area contributed by atoms with E-state index in [2.05, 4.69) is 4.72 Å². The Morgan fingerprint density at radius 2 is 1.88 bits per heavy atom. The van der Waals surface area contributed by atoms with E-state index < -0.39 is 16.0 Å². The summed E-state index contributed by atoms with van der Waals surface area (Å²) in [5, 5.41) is 9.65. The van der Waals surface area contributed by atoms with Crippen LogP contribution in [0.15, 0.2) is 18.2 Å². The highest BCUT2D eigenvalue weighted by Crippen LogP contribution is 2.27. The molecular weight excluding hydrogens is 375 g/mol. The van der Waals surface area contributed by atoms with Gasteiger partial charge in [-0.2, -0.15) is 0 Å². The van der Waals surface area contributed by atoms with Crippen LogP contribution in [0.25, 0.3) is 0 Å². The SMILES string of the molecule is CCN(CC(=O)O)C1CC(NS(=O)(=O)Cc2cc(Cl)cc(Cl)c2)C1. The topological polar surface area (TPSA) is 86.7 Å². The zero-order valence-electron chi connectivity index (χ0n) is 13.2. The fourth-order valence-corrected chi connectivity index (χ4v) is 4.82. The molecule has 1 aliphatic carbocycles. The van der Waals surface area contributed by atoms with Crippen LogP contribution in [0, 0.1) is 0 Å². The molecule has 6 nitrogen and oxygen atoms in total. The van der Waals surface area contributed by atoms with Crippen LogP contribution in [0.1, 0.15) is 25.3 Å². The Labute approximate surface area is 151 Å². The maximum atomic E-state index is 12.2. The van der Waals surface area contributed by atoms with Gasteiger partial charge < -0.3 is 5.11 Å². The van der Waals surface area contributed by atoms with Gasteiger partial charge in [0.15, 0.2) is 0 Å². The van der Waals surface area contributed by atoms with Crippen LogP contribution >= 0.6 is 23.2 Å². The number of likely N-dealkylation sites (N-methyl/N-ethyl adjacent to an activating group) is 1. The highest BCUT2D eigenvalue weighted by molar-refractivity contribution is 7.88. The molecule has 1 aliphatic rings. The molecule has 0 aliphatic heterocycles. The first-order valence-corrected chi connectivity index (χ1v) is 10.00. The predicted molar refractivity (Wildman–Crippen MR) is 93.9 cm³/mol. The van der Waals surface area contributed by atoms with Gasteiger partial charge in [-0.3, -0.25) is 9.69 Å². The highest BCUT2D eigenvalue weighted by Gasteiger charge is 2.35. The molecule has 24 heavy (non-hydrogen) atoms. The number of carboxylic acids is 1. The van der Waals surface area contributed by atoms with Gasteiger partial charge in [-0.25, -0.2) is 13.1 Å². The third kappa shape index (κ3) is 5.60. The van der Waals surface area contributed by atoms with E-state index >= 15 is 0 Å². The van der Waals surface area contributed by atoms with Gasteiger partial charge in [-0.1, -0.05) is 30.1 Å². The maximum absolute atomic E-state index is 12.2. The van der Waals surface area contributed by atoms with Crippen LogP contribution in [0.5, 0.6) is 0 Å². The fraction of sp³-hybridized carbons (Fsp3) is 0.533. The number of rotatable bonds is 8. The van der Waals surface area contributed by atoms with Crippen molar-refractivity contribution in [3.63, 3.8) is 0 Å². The summed E-state index contributed by atoms with van der Waals surface area (Å²) in [6.07, 6.45) is 1.22. The molecule has 0 atom stereocenters. The minimum Gasteiger partial charge on any atom is -0.480 e. The summed E-state index contributed by atoms with van der Waals surface area (Å²) in [6, 6.07) is 4.62. The summed E-state index contributed by atoms with van der Waals surface area (Å²) in [5.74, 6) is -1.07. The fourth-order valence-electron chi connectivity index (χ4n) is 2.86. The van der Waals surface area contributed by atoms with Gasteiger partial charge in [0.05, 0.1) is 12.3 Å². The Kier molecular flexibility index (Phi) is 6.50. The Bertz CT molecular complexity index is 685. The molecule has 1 aromatic rings. The predicted octanol–water partition coefficient (Wildman–Crippen LogP) is 2.35. The number of aliphatic carboxylic acids is 1. The quantitative estimate of drug-likeness (QED) is 0.706. The molecule has 0 aromatic heterocycles. The van der Waals surface area contributed by atoms with E-state index in [1.165, 1.54) is 0 Å². The Balaban J connectivity index is 1.89. The van der Waals surface area contributed by atoms with E-state index in [9.17, 15) is 13.2 Å². The molecule has 134 valence electrons. The van der Waals surface area contributed by atoms with Crippen molar-refractivity contribution in [3.8, 4) is 0 Å². The summed E-state index contributed by atoms with van der Waals surface area (Å²) in [7, 11) is -3.51. The largest absolute Gasteiger partial charge is 0.480 e. The standard InChI is InChI=1S/C15H20Cl2N2O4S/c1-2-19(8-15(20)21)14-6-13(7-14)18-24(22,23)9-10-3-11(16)5-12(17)4-10/h3-5,13-14,18H,2,6-9H2,1H3,(H,20,21). The molecular formula is C15H20Cl2N2O4S. The van der Waals surface area contributed by atoms with Crippen LogP contribution in [-0.2, 0) is 20.6 Å². The summed E-state index contributed by atoms with van der Waals surface area (Å²) in [5.41, 5.74) is 0.525. The minimum absolute atomic E-state index is 0.0261. The number of halogens is 2. The van der Waals surface area contributed by atoms with Crippen molar-refractivity contribution in [1.82, 2.24) is 9.62 Å². The van der Waals surface area contributed by atoms with E-state index in [0.717, 1.165) is 0 Å². The van der Waals surface area contributed by atoms with E-state index in [1.54, 1.807) is 18.2 Å². The Hall–Kier alpha value is -0.860. The van der Waals surface area contributed by atoms with Gasteiger partial charge in [-0.15, -0.1) is 0 Å². The van der Waals surface area contributed by atoms with Gasteiger partial charge in [-0.05, 0) is 43.1 Å². The second-order valence-corrected chi connectivity index (χ2v) is 8.56. The zero-order chi connectivity index (χ0) is 17.9. The van der Waals surface area contributed by atoms with Crippen molar-refractivity contribution < 1.29 is 18.3 Å². The van der Waals surface area contributed by atoms with Crippen LogP contribution in [0.3, 0.4) is 0 Å². The number of carbonyl (C=O) groups is 1. The molecule has 2 N–H and O–H groups in total. The highest BCUT2D eigenvalue weighted by atomic mass is 35.5. The lowest BCUT2D eigenvalue weighted by atomic mass is 9.86. The van der Waals surface area contributed by atoms with Crippen LogP contribution in [-0.4, -0.2) is 49.6 Å². The molecule has 0 radical (unpaired) electrons. The first kappa shape index (κ1) is 19.5. The number of benzene rings is 1. The molecule has 1 aromatic carbocycles. The second kappa shape index (κ2) is 8.01. The average Bonchev–Trinajstić information content (AvgIpc) is 2.38. The van der Waals surface area contributed by atoms with Gasteiger partial charge in [0, 0.05) is 22.1 Å². The van der Waals surface area contributed by atoms with E-state index in [0.29, 0.717) is 35.0 Å². The second-order valence-electron chi connectivity index (χ2n) is 5.93. The monoisotopic (exact) mass is 394 g/mol. The number of sulfonamides is 1. The molecule has 0 saturated heterocycles. The van der Waals surface area contributed by atoms with Gasteiger partial charge >= 0.3 is 5.97 Å². The van der Waals surface area contributed by atoms with Crippen LogP contribution in [0.2, 0.25) is 10.0 Å². The number of hydrogen-bond acceptors (Lipinski definition) is 4. The number of nitrogens with one attached hydrogen (secondary N) is 1. The Morgan fingerprint density at radius 3 is 2.38 bits per heavy atom. The first-order chi connectivity index (χ1) is 11.2. The lowest BCUT2D eigenvalue weighted by molar-refractivity contribution is -0.139. The van der Waals surface area contributed by atoms with Crippen molar-refractivity contribution >= 4 is 39.2 Å². The average molecular weight is 395 g/mol. The summed E-state index contributed by atoms with van der Waals surface area (Å²) >= 11 is 11.8. The molecule has 1 saturated carbocycles. The van der Waals surface area contributed by atoms with Gasteiger partial charge in [0.1, 0.15) is 0 Å². The van der Waals surface area contributed by atoms with Gasteiger partial charge in [0.25, 0.3) is 0 Å². The van der Waals surface area contributed by atoms with E-state index in [4.69, 9.17) is 28.3 Å². The molecule has 0 heterocycles. The van der Waals surface area contributed by atoms with Crippen LogP contribution in [0.4, 0.5) is 0 Å². The van der Waals surface area contributed by atoms with Crippen molar-refractivity contribution in [2.45, 2.75) is 37.6 Å². The molecule has 0 bridgehead atoms. The summed E-state index contributed by atoms with van der Waals surface area (Å²) < 4.78 is 27.1. The molecule has 0 spiro atoms. The summed E-state index contributed by atoms with van der Waals surface area (Å²) in [4.78, 5) is 12.6. The molecule has 1 fully saturated rings. The zero-order valence-corrected chi connectivity index (χ0v) is 15.5. The Morgan fingerprint density at radius 1 is 1.29 bits per heavy atom. The van der Waals surface area contributed by atoms with E-state index in [1.807, 2.05) is 11.8 Å². The number of carboxylic acid groups (broad SMARTS) is 1. The molecule has 2 rings (SSSR count). The lowest BCUT2D eigenvalue weighted by Crippen LogP contribution is -2.54. The number of hydrogen-bond donors (Lipinski definition) is 2. The van der Waals surface area contributed by atoms with Crippen molar-refractivity contribution in [1.29, 1.82) is 0 Å². The maximum Gasteiger partial charge on any atom is 0.317 e. The van der Waals surface area contributed by atoms with Crippen molar-refractivity contribution in [2.75, 3.05) is 13.1 Å². The number of nitrogens with zero attached hydrogens (tertiary/aromatic N) is 1. The minimum atomic E-state index is -3.51. The lowest BCUT2D eigenvalue weighted by Gasteiger charge is -2.42. The third-order valence-corrected chi connectivity index (χ3v) is 5.84.